The number of aryl methyl sites for hydroxylation is 1. The Kier molecular flexibility index (Phi) is 4.17. The van der Waals surface area contributed by atoms with Crippen molar-refractivity contribution in [3.63, 3.8) is 0 Å². The molecule has 1 unspecified atom stereocenters. The predicted molar refractivity (Wildman–Crippen MR) is 72.2 cm³/mol. The maximum atomic E-state index is 12.3. The second kappa shape index (κ2) is 5.86. The lowest BCUT2D eigenvalue weighted by Gasteiger charge is -2.29. The molecule has 1 aromatic rings. The van der Waals surface area contributed by atoms with E-state index < -0.39 is 11.9 Å². The molecule has 5 heteroatoms. The number of methoxy groups -OCH3 is 1. The summed E-state index contributed by atoms with van der Waals surface area (Å²) in [5, 5.41) is 0. The molecule has 106 valence electrons. The maximum absolute atomic E-state index is 12.3. The summed E-state index contributed by atoms with van der Waals surface area (Å²) in [6, 6.07) is 7.20. The van der Waals surface area contributed by atoms with E-state index in [2.05, 4.69) is 4.74 Å². The van der Waals surface area contributed by atoms with Crippen LogP contribution in [0.25, 0.3) is 0 Å². The molecule has 0 radical (unpaired) electrons. The van der Waals surface area contributed by atoms with Crippen LogP contribution in [0.1, 0.15) is 22.3 Å². The highest BCUT2D eigenvalue weighted by atomic mass is 16.5. The van der Waals surface area contributed by atoms with Gasteiger partial charge in [-0.1, -0.05) is 17.7 Å². The molecule has 2 rings (SSSR count). The maximum Gasteiger partial charge on any atom is 0.316 e. The van der Waals surface area contributed by atoms with Gasteiger partial charge in [-0.25, -0.2) is 0 Å². The lowest BCUT2D eigenvalue weighted by atomic mass is 9.95. The second-order valence-corrected chi connectivity index (χ2v) is 4.92. The number of carbonyl (C=O) groups excluding carboxylic acids is 3. The standard InChI is InChI=1S/C15H17NO4/c1-10-3-5-11(6-4-10)14(18)16-8-7-12(13(17)9-16)15(19)20-2/h3-6,12H,7-9H2,1-2H3. The van der Waals surface area contributed by atoms with Crippen molar-refractivity contribution in [2.24, 2.45) is 5.92 Å². The van der Waals surface area contributed by atoms with Crippen molar-refractivity contribution in [1.29, 1.82) is 0 Å². The summed E-state index contributed by atoms with van der Waals surface area (Å²) in [6.07, 6.45) is 0.323. The first kappa shape index (κ1) is 14.2. The van der Waals surface area contributed by atoms with Gasteiger partial charge in [0.05, 0.1) is 13.7 Å². The summed E-state index contributed by atoms with van der Waals surface area (Å²) in [7, 11) is 1.26. The first-order valence-corrected chi connectivity index (χ1v) is 6.49. The molecule has 0 bridgehead atoms. The number of nitrogens with zero attached hydrogens (tertiary/aromatic N) is 1. The minimum Gasteiger partial charge on any atom is -0.468 e. The van der Waals surface area contributed by atoms with E-state index in [4.69, 9.17) is 0 Å². The summed E-state index contributed by atoms with van der Waals surface area (Å²) in [6.45, 7) is 2.30. The fourth-order valence-corrected chi connectivity index (χ4v) is 2.27. The monoisotopic (exact) mass is 275 g/mol. The van der Waals surface area contributed by atoms with Crippen LogP contribution in [-0.4, -0.2) is 42.8 Å². The fraction of sp³-hybridized carbons (Fsp3) is 0.400. The van der Waals surface area contributed by atoms with Gasteiger partial charge in [-0.15, -0.1) is 0 Å². The van der Waals surface area contributed by atoms with E-state index in [-0.39, 0.29) is 18.2 Å². The molecule has 0 saturated carbocycles. The fourth-order valence-electron chi connectivity index (χ4n) is 2.27. The summed E-state index contributed by atoms with van der Waals surface area (Å²) in [5.74, 6) is -1.69. The summed E-state index contributed by atoms with van der Waals surface area (Å²) in [5.41, 5.74) is 1.63. The number of esters is 1. The van der Waals surface area contributed by atoms with Crippen LogP contribution in [0.2, 0.25) is 0 Å². The lowest BCUT2D eigenvalue weighted by molar-refractivity contribution is -0.151. The number of Topliss-reactive ketones (excluding diaryl/α,β-unsaturated/α-hetero) is 1. The normalized spacial score (nSPS) is 18.8. The van der Waals surface area contributed by atoms with Gasteiger partial charge in [-0.3, -0.25) is 14.4 Å². The van der Waals surface area contributed by atoms with Gasteiger partial charge in [0.1, 0.15) is 5.92 Å². The third-order valence-electron chi connectivity index (χ3n) is 3.49. The Morgan fingerprint density at radius 2 is 1.90 bits per heavy atom. The molecule has 1 heterocycles. The molecule has 0 N–H and O–H groups in total. The number of carbonyl (C=O) groups is 3. The van der Waals surface area contributed by atoms with Crippen molar-refractivity contribution in [2.75, 3.05) is 20.2 Å². The molecule has 1 atom stereocenters. The Balaban J connectivity index is 2.05. The van der Waals surface area contributed by atoms with Crippen LogP contribution in [0.15, 0.2) is 24.3 Å². The van der Waals surface area contributed by atoms with Crippen LogP contribution in [0.5, 0.6) is 0 Å². The predicted octanol–water partition coefficient (Wildman–Crippen LogP) is 1.20. The van der Waals surface area contributed by atoms with Gasteiger partial charge >= 0.3 is 5.97 Å². The zero-order valence-corrected chi connectivity index (χ0v) is 11.6. The Morgan fingerprint density at radius 3 is 2.45 bits per heavy atom. The first-order valence-electron chi connectivity index (χ1n) is 6.49. The molecule has 1 saturated heterocycles. The Bertz CT molecular complexity index is 535. The SMILES string of the molecule is COC(=O)C1CCN(C(=O)c2ccc(C)cc2)CC1=O. The molecule has 5 nitrogen and oxygen atoms in total. The van der Waals surface area contributed by atoms with E-state index in [1.54, 1.807) is 12.1 Å². The topological polar surface area (TPSA) is 63.7 Å². The first-order chi connectivity index (χ1) is 9.52. The summed E-state index contributed by atoms with van der Waals surface area (Å²) in [4.78, 5) is 37.1. The van der Waals surface area contributed by atoms with Gasteiger partial charge in [0, 0.05) is 12.1 Å². The van der Waals surface area contributed by atoms with Gasteiger partial charge in [-0.05, 0) is 25.5 Å². The van der Waals surface area contributed by atoms with Crippen molar-refractivity contribution in [3.05, 3.63) is 35.4 Å². The molecule has 1 fully saturated rings. The highest BCUT2D eigenvalue weighted by Crippen LogP contribution is 2.18. The number of ketones is 1. The van der Waals surface area contributed by atoms with E-state index in [0.29, 0.717) is 18.5 Å². The quantitative estimate of drug-likeness (QED) is 0.601. The van der Waals surface area contributed by atoms with Gasteiger partial charge in [-0.2, -0.15) is 0 Å². The van der Waals surface area contributed by atoms with Gasteiger partial charge in [0.25, 0.3) is 5.91 Å². The van der Waals surface area contributed by atoms with E-state index in [1.165, 1.54) is 12.0 Å². The molecule has 1 amide bonds. The third-order valence-corrected chi connectivity index (χ3v) is 3.49. The molecule has 1 aliphatic heterocycles. The Morgan fingerprint density at radius 1 is 1.25 bits per heavy atom. The molecule has 0 spiro atoms. The number of amides is 1. The number of piperidine rings is 1. The zero-order chi connectivity index (χ0) is 14.7. The number of likely N-dealkylation sites (tertiary alicyclic amines) is 1. The van der Waals surface area contributed by atoms with Gasteiger partial charge in [0.2, 0.25) is 0 Å². The van der Waals surface area contributed by atoms with Crippen molar-refractivity contribution in [2.45, 2.75) is 13.3 Å². The van der Waals surface area contributed by atoms with Crippen LogP contribution >= 0.6 is 0 Å². The van der Waals surface area contributed by atoms with Crippen LogP contribution in [0.4, 0.5) is 0 Å². The summed E-state index contributed by atoms with van der Waals surface area (Å²) >= 11 is 0. The molecule has 0 aromatic heterocycles. The molecule has 1 aliphatic rings. The van der Waals surface area contributed by atoms with E-state index >= 15 is 0 Å². The number of ether oxygens (including phenoxy) is 1. The second-order valence-electron chi connectivity index (χ2n) is 4.92. The Labute approximate surface area is 117 Å². The molecular formula is C15H17NO4. The highest BCUT2D eigenvalue weighted by molar-refractivity contribution is 6.04. The number of hydrogen-bond donors (Lipinski definition) is 0. The largest absolute Gasteiger partial charge is 0.468 e. The number of hydrogen-bond acceptors (Lipinski definition) is 4. The lowest BCUT2D eigenvalue weighted by Crippen LogP contribution is -2.46. The third kappa shape index (κ3) is 2.87. The average Bonchev–Trinajstić information content (AvgIpc) is 2.46. The minimum atomic E-state index is -0.734. The molecule has 20 heavy (non-hydrogen) atoms. The van der Waals surface area contributed by atoms with Crippen molar-refractivity contribution in [1.82, 2.24) is 4.90 Å². The highest BCUT2D eigenvalue weighted by Gasteiger charge is 2.35. The zero-order valence-electron chi connectivity index (χ0n) is 11.6. The van der Waals surface area contributed by atoms with Crippen molar-refractivity contribution in [3.8, 4) is 0 Å². The molecule has 1 aromatic carbocycles. The van der Waals surface area contributed by atoms with Crippen LogP contribution < -0.4 is 0 Å². The van der Waals surface area contributed by atoms with E-state index in [0.717, 1.165) is 5.56 Å². The molecular weight excluding hydrogens is 258 g/mol. The van der Waals surface area contributed by atoms with E-state index in [1.807, 2.05) is 19.1 Å². The molecule has 0 aliphatic carbocycles. The van der Waals surface area contributed by atoms with Crippen LogP contribution in [0.3, 0.4) is 0 Å². The number of benzene rings is 1. The van der Waals surface area contributed by atoms with Gasteiger partial charge in [0.15, 0.2) is 5.78 Å². The van der Waals surface area contributed by atoms with Crippen molar-refractivity contribution >= 4 is 17.7 Å². The van der Waals surface area contributed by atoms with E-state index in [9.17, 15) is 14.4 Å². The minimum absolute atomic E-state index is 0.0352. The average molecular weight is 275 g/mol. The Hall–Kier alpha value is -2.17. The van der Waals surface area contributed by atoms with Crippen LogP contribution in [0, 0.1) is 12.8 Å². The van der Waals surface area contributed by atoms with Crippen LogP contribution in [-0.2, 0) is 14.3 Å². The summed E-state index contributed by atoms with van der Waals surface area (Å²) < 4.78 is 4.59. The van der Waals surface area contributed by atoms with Gasteiger partial charge < -0.3 is 9.64 Å². The van der Waals surface area contributed by atoms with Crippen molar-refractivity contribution < 1.29 is 19.1 Å². The smallest absolute Gasteiger partial charge is 0.316 e. The number of rotatable bonds is 2.